The van der Waals surface area contributed by atoms with Crippen LogP contribution in [0.15, 0.2) is 42.2 Å². The molecule has 1 aliphatic heterocycles. The number of aliphatic carboxylic acids is 2. The molecular weight excluding hydrogens is 791 g/mol. The Bertz CT molecular complexity index is 1120. The first kappa shape index (κ1) is 27.2. The lowest BCUT2D eigenvalue weighted by atomic mass is 10.1. The highest BCUT2D eigenvalue weighted by molar-refractivity contribution is 14.1. The van der Waals surface area contributed by atoms with Gasteiger partial charge in [0.2, 0.25) is 5.76 Å². The number of carbonyl (C=O) groups is 2. The van der Waals surface area contributed by atoms with Gasteiger partial charge in [0.25, 0.3) is 6.29 Å². The van der Waals surface area contributed by atoms with Crippen molar-refractivity contribution in [3.05, 3.63) is 58.4 Å². The zero-order chi connectivity index (χ0) is 25.2. The van der Waals surface area contributed by atoms with Gasteiger partial charge in [0, 0.05) is 0 Å². The van der Waals surface area contributed by atoms with E-state index in [0.717, 1.165) is 18.8 Å². The molecule has 182 valence electrons. The molecule has 0 fully saturated rings. The molecule has 0 radical (unpaired) electrons. The topological polar surface area (TPSA) is 169 Å². The second-order valence-electron chi connectivity index (χ2n) is 7.15. The Kier molecular flexibility index (Phi) is 9.23. The van der Waals surface area contributed by atoms with Crippen LogP contribution < -0.4 is 15.2 Å². The Hall–Kier alpha value is -1.41. The van der Waals surface area contributed by atoms with Crippen LogP contribution in [0.3, 0.4) is 0 Å². The molecule has 0 bridgehead atoms. The quantitative estimate of drug-likeness (QED) is 0.250. The highest BCUT2D eigenvalue weighted by Crippen LogP contribution is 2.36. The van der Waals surface area contributed by atoms with E-state index in [1.807, 2.05) is 34.7 Å². The molecule has 0 saturated carbocycles. The van der Waals surface area contributed by atoms with E-state index in [1.165, 1.54) is 0 Å². The molecule has 6 N–H and O–H groups in total. The Balaban J connectivity index is 1.75. The van der Waals surface area contributed by atoms with Crippen LogP contribution >= 0.6 is 67.8 Å². The number of hydrogen-bond acceptors (Lipinski definition) is 8. The fraction of sp³-hybridized carbons (Fsp3) is 0.238. The molecule has 1 aliphatic rings. The number of benzene rings is 2. The molecule has 4 atom stereocenters. The summed E-state index contributed by atoms with van der Waals surface area (Å²) in [5, 5.41) is 38.1. The molecule has 3 rings (SSSR count). The van der Waals surface area contributed by atoms with Crippen LogP contribution in [0.4, 0.5) is 0 Å². The molecule has 1 heterocycles. The molecule has 0 saturated heterocycles. The maximum Gasteiger partial charge on any atom is 0.371 e. The van der Waals surface area contributed by atoms with Gasteiger partial charge in [0.15, 0.2) is 11.9 Å². The van der Waals surface area contributed by atoms with E-state index in [2.05, 4.69) is 45.2 Å². The van der Waals surface area contributed by atoms with Crippen molar-refractivity contribution in [1.29, 1.82) is 0 Å². The highest BCUT2D eigenvalue weighted by Gasteiger charge is 2.36. The van der Waals surface area contributed by atoms with E-state index in [-0.39, 0.29) is 6.42 Å². The minimum atomic E-state index is -1.48. The number of halogens is 3. The van der Waals surface area contributed by atoms with Crippen molar-refractivity contribution in [2.45, 2.75) is 31.0 Å². The number of aliphatic hydroxyl groups is 2. The summed E-state index contributed by atoms with van der Waals surface area (Å²) in [5.74, 6) is -1.62. The summed E-state index contributed by atoms with van der Waals surface area (Å²) in [7, 11) is 0. The van der Waals surface area contributed by atoms with Crippen molar-refractivity contribution in [1.82, 2.24) is 0 Å². The SMILES string of the molecule is NC(Cc1cc(I)c(Oc2ccc(OC3OC(C(=O)O)=CC(O)C3O)c(I)c2)c(I)c1)C(=O)O. The molecule has 0 aliphatic carbocycles. The van der Waals surface area contributed by atoms with Gasteiger partial charge >= 0.3 is 11.9 Å². The molecule has 10 nitrogen and oxygen atoms in total. The van der Waals surface area contributed by atoms with Crippen molar-refractivity contribution < 1.29 is 44.2 Å². The van der Waals surface area contributed by atoms with Gasteiger partial charge in [-0.05, 0) is 116 Å². The van der Waals surface area contributed by atoms with Gasteiger partial charge in [-0.25, -0.2) is 4.79 Å². The van der Waals surface area contributed by atoms with Crippen molar-refractivity contribution in [2.75, 3.05) is 0 Å². The zero-order valence-corrected chi connectivity index (χ0v) is 23.5. The minimum Gasteiger partial charge on any atom is -0.480 e. The molecule has 2 aromatic carbocycles. The lowest BCUT2D eigenvalue weighted by Crippen LogP contribution is -2.46. The van der Waals surface area contributed by atoms with Crippen LogP contribution in [-0.2, 0) is 20.7 Å². The van der Waals surface area contributed by atoms with E-state index < -0.39 is 42.2 Å². The summed E-state index contributed by atoms with van der Waals surface area (Å²) in [6.07, 6.45) is -3.27. The monoisotopic (exact) mass is 809 g/mol. The molecule has 0 spiro atoms. The van der Waals surface area contributed by atoms with Crippen LogP contribution in [0.25, 0.3) is 0 Å². The second-order valence-corrected chi connectivity index (χ2v) is 10.6. The van der Waals surface area contributed by atoms with Crippen LogP contribution in [0.1, 0.15) is 5.56 Å². The first-order valence-electron chi connectivity index (χ1n) is 9.54. The van der Waals surface area contributed by atoms with E-state index in [4.69, 9.17) is 30.2 Å². The van der Waals surface area contributed by atoms with Gasteiger partial charge in [-0.2, -0.15) is 0 Å². The van der Waals surface area contributed by atoms with Crippen LogP contribution in [0.5, 0.6) is 17.2 Å². The van der Waals surface area contributed by atoms with Gasteiger partial charge < -0.3 is 40.4 Å². The molecular formula is C21H18I3NO9. The number of rotatable bonds is 8. The lowest BCUT2D eigenvalue weighted by molar-refractivity contribution is -0.172. The summed E-state index contributed by atoms with van der Waals surface area (Å²) < 4.78 is 18.9. The molecule has 4 unspecified atom stereocenters. The van der Waals surface area contributed by atoms with Crippen LogP contribution in [0, 0.1) is 10.7 Å². The summed E-state index contributed by atoms with van der Waals surface area (Å²) in [6, 6.07) is 7.49. The van der Waals surface area contributed by atoms with Gasteiger partial charge in [0.05, 0.1) is 10.7 Å². The minimum absolute atomic E-state index is 0.189. The second kappa shape index (κ2) is 11.5. The van der Waals surface area contributed by atoms with E-state index in [1.54, 1.807) is 18.2 Å². The fourth-order valence-electron chi connectivity index (χ4n) is 2.92. The Morgan fingerprint density at radius 1 is 1.06 bits per heavy atom. The Labute approximate surface area is 234 Å². The largest absolute Gasteiger partial charge is 0.480 e. The number of aliphatic hydroxyl groups excluding tert-OH is 2. The maximum absolute atomic E-state index is 11.2. The predicted molar refractivity (Wildman–Crippen MR) is 144 cm³/mol. The first-order chi connectivity index (χ1) is 16.0. The van der Waals surface area contributed by atoms with Crippen LogP contribution in [0.2, 0.25) is 0 Å². The van der Waals surface area contributed by atoms with Gasteiger partial charge in [-0.3, -0.25) is 4.79 Å². The predicted octanol–water partition coefficient (Wildman–Crippen LogP) is 2.67. The van der Waals surface area contributed by atoms with Gasteiger partial charge in [0.1, 0.15) is 23.6 Å². The average molecular weight is 809 g/mol. The number of hydrogen-bond donors (Lipinski definition) is 5. The summed E-state index contributed by atoms with van der Waals surface area (Å²) in [4.78, 5) is 22.2. The van der Waals surface area contributed by atoms with E-state index in [0.29, 0.717) is 20.8 Å². The van der Waals surface area contributed by atoms with Crippen molar-refractivity contribution >= 4 is 79.7 Å². The molecule has 34 heavy (non-hydrogen) atoms. The number of carboxylic acid groups (broad SMARTS) is 2. The van der Waals surface area contributed by atoms with Crippen LogP contribution in [-0.4, -0.2) is 56.9 Å². The number of carboxylic acids is 2. The van der Waals surface area contributed by atoms with Crippen molar-refractivity contribution in [3.63, 3.8) is 0 Å². The average Bonchev–Trinajstić information content (AvgIpc) is 2.75. The summed E-state index contributed by atoms with van der Waals surface area (Å²) in [5.41, 5.74) is 6.40. The van der Waals surface area contributed by atoms with E-state index >= 15 is 0 Å². The Morgan fingerprint density at radius 2 is 1.71 bits per heavy atom. The third-order valence-electron chi connectivity index (χ3n) is 4.60. The number of ether oxygens (including phenoxy) is 3. The highest BCUT2D eigenvalue weighted by atomic mass is 127. The summed E-state index contributed by atoms with van der Waals surface area (Å²) >= 11 is 6.19. The fourth-order valence-corrected chi connectivity index (χ4v) is 5.65. The first-order valence-corrected chi connectivity index (χ1v) is 12.8. The smallest absolute Gasteiger partial charge is 0.371 e. The standard InChI is InChI=1S/C21H18I3NO9/c22-10-6-9(32-18-11(23)3-8(4-12(18)24)5-13(25)19(28)29)1-2-15(10)33-21-17(27)14(26)7-16(34-21)20(30)31/h1-4,6-7,13-14,17,21,26-27H,5,25H2,(H,28,29)(H,30,31). The van der Waals surface area contributed by atoms with Crippen molar-refractivity contribution in [3.8, 4) is 17.2 Å². The third kappa shape index (κ3) is 6.62. The molecule has 0 amide bonds. The molecule has 13 heteroatoms. The normalized spacial score (nSPS) is 20.6. The van der Waals surface area contributed by atoms with Gasteiger partial charge in [-0.15, -0.1) is 0 Å². The molecule has 0 aromatic heterocycles. The summed E-state index contributed by atoms with van der Waals surface area (Å²) in [6.45, 7) is 0. The van der Waals surface area contributed by atoms with Crippen molar-refractivity contribution in [2.24, 2.45) is 5.73 Å². The lowest BCUT2D eigenvalue weighted by Gasteiger charge is -2.30. The maximum atomic E-state index is 11.2. The molecule has 2 aromatic rings. The van der Waals surface area contributed by atoms with E-state index in [9.17, 15) is 19.8 Å². The number of nitrogens with two attached hydrogens (primary N) is 1. The third-order valence-corrected chi connectivity index (χ3v) is 7.05. The Morgan fingerprint density at radius 3 is 2.26 bits per heavy atom. The van der Waals surface area contributed by atoms with Gasteiger partial charge in [-0.1, -0.05) is 0 Å². The zero-order valence-electron chi connectivity index (χ0n) is 17.0.